The van der Waals surface area contributed by atoms with Gasteiger partial charge < -0.3 is 0 Å². The lowest BCUT2D eigenvalue weighted by Crippen LogP contribution is -2.91. The third-order valence-corrected chi connectivity index (χ3v) is 270. The fraction of sp³-hybridized carbons (Fsp3) is 0. The first-order valence-corrected chi connectivity index (χ1v) is 46.0. The maximum absolute atomic E-state index is 2.74. The zero-order valence-electron chi connectivity index (χ0n) is 31.1. The summed E-state index contributed by atoms with van der Waals surface area (Å²) in [7, 11) is -2.25. The molecule has 4 saturated heterocycles. The van der Waals surface area contributed by atoms with Gasteiger partial charge in [0, 0.05) is 0 Å². The smallest absolute Gasteiger partial charge is 0.0674 e. The molecule has 0 aliphatic carbocycles. The van der Waals surface area contributed by atoms with Gasteiger partial charge in [-0.25, -0.2) is 0 Å². The summed E-state index contributed by atoms with van der Waals surface area (Å²) in [4.78, 5) is 0. The van der Waals surface area contributed by atoms with Crippen molar-refractivity contribution in [1.29, 1.82) is 0 Å². The fourth-order valence-electron chi connectivity index (χ4n) is 14.1. The van der Waals surface area contributed by atoms with Crippen LogP contribution in [-0.4, -0.2) is 55.4 Å². The van der Waals surface area contributed by atoms with Crippen LogP contribution in [0.1, 0.15) is 0 Å². The minimum atomic E-state index is -2.40. The lowest BCUT2D eigenvalue weighted by molar-refractivity contribution is 1.75. The summed E-state index contributed by atoms with van der Waals surface area (Å²) < 4.78 is 0. The maximum Gasteiger partial charge on any atom is 0.0711 e. The van der Waals surface area contributed by atoms with Crippen LogP contribution in [0.5, 0.6) is 0 Å². The summed E-state index contributed by atoms with van der Waals surface area (Å²) in [5.74, 6) is 0. The molecule has 4 aliphatic heterocycles. The van der Waals surface area contributed by atoms with Crippen LogP contribution < -0.4 is 41.5 Å². The summed E-state index contributed by atoms with van der Waals surface area (Å²) in [5.41, 5.74) is 0. The average Bonchev–Trinajstić information content (AvgIpc) is 4.02. The van der Waals surface area contributed by atoms with Crippen molar-refractivity contribution in [2.24, 2.45) is 0 Å². The molecule has 4 aliphatic rings. The van der Waals surface area contributed by atoms with E-state index < -0.39 is 55.4 Å². The van der Waals surface area contributed by atoms with E-state index in [1.165, 1.54) is 0 Å². The van der Waals surface area contributed by atoms with E-state index in [0.717, 1.165) is 0 Å². The molecule has 4 atom stereocenters. The van der Waals surface area contributed by atoms with E-state index in [2.05, 4.69) is 243 Å². The van der Waals surface area contributed by atoms with Crippen molar-refractivity contribution in [3.05, 3.63) is 243 Å². The Hall–Kier alpha value is -4.50. The highest BCUT2D eigenvalue weighted by atomic mass is 31.0. The minimum absolute atomic E-state index is 1.13. The highest BCUT2D eigenvalue weighted by Crippen LogP contribution is 2.81. The molecule has 56 heavy (non-hydrogen) atoms. The summed E-state index contributed by atoms with van der Waals surface area (Å²) in [6.45, 7) is -14.2. The summed E-state index contributed by atoms with van der Waals surface area (Å²) in [5, 5.41) is 14.8. The molecule has 12 rings (SSSR count). The summed E-state index contributed by atoms with van der Waals surface area (Å²) in [6, 6.07) is 101. The third kappa shape index (κ3) is 3.35. The van der Waals surface area contributed by atoms with Crippen LogP contribution in [0, 0.1) is 0 Å². The standard InChI is InChI=1S/C48H40Si8/c1-9-25-41(26-10-1)49-51(43-29-13-3-14-30-43)53(45-33-17-5-18-34-45)50(42-27-11-2-12-28-42)54(46-35-19-6-20-36-46)52(49,44-31-15-4-16-32-44)56(54,48-39-23-8-24-40-48)55(51,53)47-37-21-7-22-38-47/h1-40H. The van der Waals surface area contributed by atoms with E-state index >= 15 is 0 Å². The van der Waals surface area contributed by atoms with Gasteiger partial charge in [0.2, 0.25) is 0 Å². The molecule has 0 aromatic heterocycles. The molecule has 8 aromatic rings. The van der Waals surface area contributed by atoms with Gasteiger partial charge in [-0.2, -0.15) is 0 Å². The Bertz CT molecular complexity index is 2410. The molecule has 4 fully saturated rings. The molecule has 4 unspecified atom stereocenters. The van der Waals surface area contributed by atoms with Crippen LogP contribution >= 0.6 is 0 Å². The van der Waals surface area contributed by atoms with Gasteiger partial charge in [0.15, 0.2) is 0 Å². The van der Waals surface area contributed by atoms with Crippen molar-refractivity contribution in [3.8, 4) is 0 Å². The first kappa shape index (κ1) is 33.6. The fourth-order valence-corrected chi connectivity index (χ4v) is 693. The lowest BCUT2D eigenvalue weighted by atomic mass is 10.4. The monoisotopic (exact) mass is 840 g/mol. The first-order valence-electron chi connectivity index (χ1n) is 20.0. The molecule has 4 heterocycles. The lowest BCUT2D eigenvalue weighted by Gasteiger charge is -2.49. The van der Waals surface area contributed by atoms with Gasteiger partial charge in [0.05, 0.1) is 55.4 Å². The van der Waals surface area contributed by atoms with Gasteiger partial charge >= 0.3 is 0 Å². The molecular formula is C48H40Si8. The number of hydrogen-bond acceptors (Lipinski definition) is 0. The van der Waals surface area contributed by atoms with Gasteiger partial charge in [-0.15, -0.1) is 0 Å². The highest BCUT2D eigenvalue weighted by Gasteiger charge is 3.25. The van der Waals surface area contributed by atoms with Crippen molar-refractivity contribution in [1.82, 2.24) is 0 Å². The average molecular weight is 842 g/mol. The number of hydrogen-bond donors (Lipinski definition) is 0. The quantitative estimate of drug-likeness (QED) is 0.205. The Labute approximate surface area is 337 Å². The van der Waals surface area contributed by atoms with E-state index in [1.54, 1.807) is 10.4 Å². The van der Waals surface area contributed by atoms with Gasteiger partial charge in [-0.3, -0.25) is 0 Å². The Balaban J connectivity index is 1.44. The zero-order valence-corrected chi connectivity index (χ0v) is 39.1. The second kappa shape index (κ2) is 12.0. The Morgan fingerprint density at radius 3 is 0.589 bits per heavy atom. The van der Waals surface area contributed by atoms with Crippen LogP contribution in [0.3, 0.4) is 0 Å². The van der Waals surface area contributed by atoms with E-state index in [0.29, 0.717) is 0 Å². The second-order valence-electron chi connectivity index (χ2n) is 16.2. The molecule has 264 valence electrons. The summed E-state index contributed by atoms with van der Waals surface area (Å²) in [6.07, 6.45) is 0. The van der Waals surface area contributed by atoms with Crippen molar-refractivity contribution in [2.45, 2.75) is 0 Å². The molecule has 8 heteroatoms. The number of fused-ring (bicyclic) bond motifs is 2. The van der Waals surface area contributed by atoms with Crippen LogP contribution in [0.4, 0.5) is 0 Å². The van der Waals surface area contributed by atoms with Gasteiger partial charge in [-0.05, 0) is 0 Å². The van der Waals surface area contributed by atoms with E-state index in [9.17, 15) is 0 Å². The molecule has 0 nitrogen and oxygen atoms in total. The largest absolute Gasteiger partial charge is 0.0711 e. The topological polar surface area (TPSA) is 0 Å². The SMILES string of the molecule is c1ccc([Si]2[Si]3(c4ccccc4)[Si]4(c5ccccc5)[Si](c5ccccc5)[Si]5(c6ccccc6)[Si]2(c2ccccc2)[Si]5(c2ccccc2)[Si]34c2ccccc2)cc1. The second-order valence-corrected chi connectivity index (χ2v) is 108. The molecule has 2 radical (unpaired) electrons. The van der Waals surface area contributed by atoms with Crippen LogP contribution in [-0.2, 0) is 0 Å². The van der Waals surface area contributed by atoms with Crippen LogP contribution in [0.25, 0.3) is 0 Å². The van der Waals surface area contributed by atoms with Crippen LogP contribution in [0.15, 0.2) is 243 Å². The van der Waals surface area contributed by atoms with E-state index in [4.69, 9.17) is 0 Å². The molecule has 0 N–H and O–H groups in total. The van der Waals surface area contributed by atoms with Crippen molar-refractivity contribution in [3.63, 3.8) is 0 Å². The molecule has 0 spiro atoms. The Kier molecular flexibility index (Phi) is 7.21. The van der Waals surface area contributed by atoms with Crippen molar-refractivity contribution in [2.75, 3.05) is 0 Å². The predicted molar refractivity (Wildman–Crippen MR) is 255 cm³/mol. The molecule has 0 saturated carbocycles. The number of benzene rings is 8. The summed E-state index contributed by atoms with van der Waals surface area (Å²) >= 11 is 0. The van der Waals surface area contributed by atoms with Gasteiger partial charge in [0.25, 0.3) is 0 Å². The molecular weight excluding hydrogens is 801 g/mol. The third-order valence-electron chi connectivity index (χ3n) is 14.7. The number of rotatable bonds is 8. The molecule has 0 amide bonds. The van der Waals surface area contributed by atoms with Crippen LogP contribution in [0.2, 0.25) is 0 Å². The minimum Gasteiger partial charge on any atom is -0.0674 e. The maximum atomic E-state index is 2.74. The molecule has 0 bridgehead atoms. The van der Waals surface area contributed by atoms with E-state index in [-0.39, 0.29) is 0 Å². The Morgan fingerprint density at radius 2 is 0.375 bits per heavy atom. The highest BCUT2D eigenvalue weighted by molar-refractivity contribution is 8.80. The van der Waals surface area contributed by atoms with Crippen molar-refractivity contribution < 1.29 is 0 Å². The van der Waals surface area contributed by atoms with Gasteiger partial charge in [0.1, 0.15) is 0 Å². The normalized spacial score (nSPS) is 30.8. The Morgan fingerprint density at radius 1 is 0.196 bits per heavy atom. The zero-order chi connectivity index (χ0) is 37.1. The predicted octanol–water partition coefficient (Wildman–Crippen LogP) is 3.84. The molecule has 8 aromatic carbocycles. The van der Waals surface area contributed by atoms with Gasteiger partial charge in [-0.1, -0.05) is 284 Å². The first-order chi connectivity index (χ1) is 27.8. The van der Waals surface area contributed by atoms with Crippen molar-refractivity contribution >= 4 is 96.9 Å². The van der Waals surface area contributed by atoms with E-state index in [1.807, 2.05) is 31.1 Å².